The molecule has 0 amide bonds. The highest BCUT2D eigenvalue weighted by atomic mass is 16.6. The van der Waals surface area contributed by atoms with Gasteiger partial charge in [-0.05, 0) is 43.5 Å². The third kappa shape index (κ3) is 9.09. The van der Waals surface area contributed by atoms with Crippen LogP contribution in [0.5, 0.6) is 17.2 Å². The number of carbonyl (C=O) groups is 1. The lowest BCUT2D eigenvalue weighted by Crippen LogP contribution is -2.16. The van der Waals surface area contributed by atoms with E-state index >= 15 is 0 Å². The number of fused-ring (bicyclic) bond motifs is 1. The summed E-state index contributed by atoms with van der Waals surface area (Å²) in [7, 11) is 0. The van der Waals surface area contributed by atoms with Crippen LogP contribution in [0.4, 0.5) is 0 Å². The summed E-state index contributed by atoms with van der Waals surface area (Å²) in [5, 5.41) is 0.554. The molecule has 38 heavy (non-hydrogen) atoms. The minimum Gasteiger partial charge on any atom is -0.493 e. The van der Waals surface area contributed by atoms with Gasteiger partial charge in [0.25, 0.3) is 5.75 Å². The lowest BCUT2D eigenvalue weighted by molar-refractivity contribution is 0.0721. The van der Waals surface area contributed by atoms with Crippen molar-refractivity contribution in [3.05, 3.63) is 76.7 Å². The van der Waals surface area contributed by atoms with Gasteiger partial charge in [0.1, 0.15) is 11.3 Å². The Kier molecular flexibility index (Phi) is 12.5. The zero-order valence-electron chi connectivity index (χ0n) is 22.7. The van der Waals surface area contributed by atoms with Crippen molar-refractivity contribution >= 4 is 16.9 Å². The van der Waals surface area contributed by atoms with Crippen molar-refractivity contribution in [3.8, 4) is 17.2 Å². The third-order valence-corrected chi connectivity index (χ3v) is 6.20. The summed E-state index contributed by atoms with van der Waals surface area (Å²) in [6.45, 7) is 5.23. The summed E-state index contributed by atoms with van der Waals surface area (Å²) in [5.74, 6) is -0.0620. The number of rotatable bonds is 17. The zero-order valence-corrected chi connectivity index (χ0v) is 22.7. The van der Waals surface area contributed by atoms with Crippen molar-refractivity contribution in [1.82, 2.24) is 0 Å². The van der Waals surface area contributed by atoms with Gasteiger partial charge < -0.3 is 18.6 Å². The van der Waals surface area contributed by atoms with Crippen LogP contribution >= 0.6 is 0 Å². The molecule has 6 nitrogen and oxygen atoms in total. The van der Waals surface area contributed by atoms with Crippen molar-refractivity contribution in [2.24, 2.45) is 0 Å². The minimum absolute atomic E-state index is 0.223. The molecule has 0 aliphatic heterocycles. The second-order valence-corrected chi connectivity index (χ2v) is 9.30. The van der Waals surface area contributed by atoms with E-state index in [4.69, 9.17) is 18.6 Å². The van der Waals surface area contributed by atoms with Gasteiger partial charge in [-0.3, -0.25) is 0 Å². The molecule has 6 heteroatoms. The van der Waals surface area contributed by atoms with Gasteiger partial charge in [-0.25, -0.2) is 9.59 Å². The predicted molar refractivity (Wildman–Crippen MR) is 152 cm³/mol. The highest BCUT2D eigenvalue weighted by Crippen LogP contribution is 2.35. The number of esters is 1. The van der Waals surface area contributed by atoms with Gasteiger partial charge >= 0.3 is 11.6 Å². The predicted octanol–water partition coefficient (Wildman–Crippen LogP) is 8.27. The molecule has 0 spiro atoms. The van der Waals surface area contributed by atoms with Gasteiger partial charge in [-0.1, -0.05) is 89.1 Å². The standard InChI is InChI=1S/C32H40O6/c1-3-5-7-9-10-11-12-17-23-36-29-27-21-20-26(35-22-16-8-6-4-2)24-28(27)37-32(34)30(29)38-31(33)25-18-14-13-15-19-25/h6,8,13-15,18-21,24H,3-5,7,9-12,16-17,22-23H2,1-2H3. The Labute approximate surface area is 225 Å². The normalized spacial score (nSPS) is 11.2. The highest BCUT2D eigenvalue weighted by molar-refractivity contribution is 5.93. The second kappa shape index (κ2) is 16.3. The van der Waals surface area contributed by atoms with E-state index in [0.29, 0.717) is 35.5 Å². The van der Waals surface area contributed by atoms with E-state index in [2.05, 4.69) is 26.0 Å². The number of allylic oxidation sites excluding steroid dienone is 1. The lowest BCUT2D eigenvalue weighted by Gasteiger charge is -2.14. The van der Waals surface area contributed by atoms with E-state index in [1.165, 1.54) is 32.1 Å². The van der Waals surface area contributed by atoms with Crippen LogP contribution in [0.25, 0.3) is 11.0 Å². The molecule has 0 saturated carbocycles. The summed E-state index contributed by atoms with van der Waals surface area (Å²) in [4.78, 5) is 25.7. The first-order chi connectivity index (χ1) is 18.6. The third-order valence-electron chi connectivity index (χ3n) is 6.20. The summed E-state index contributed by atoms with van der Waals surface area (Å²) in [5.41, 5.74) is -0.111. The highest BCUT2D eigenvalue weighted by Gasteiger charge is 2.22. The Morgan fingerprint density at radius 3 is 2.29 bits per heavy atom. The molecule has 0 radical (unpaired) electrons. The number of unbranched alkanes of at least 4 members (excludes halogenated alkanes) is 7. The molecule has 0 aliphatic rings. The molecule has 0 unspecified atom stereocenters. The Bertz CT molecular complexity index is 1210. The molecule has 0 atom stereocenters. The Hall–Kier alpha value is -3.54. The van der Waals surface area contributed by atoms with Crippen LogP contribution in [0.1, 0.15) is 88.4 Å². The van der Waals surface area contributed by atoms with E-state index in [-0.39, 0.29) is 11.5 Å². The Morgan fingerprint density at radius 1 is 0.816 bits per heavy atom. The monoisotopic (exact) mass is 520 g/mol. The fourth-order valence-corrected chi connectivity index (χ4v) is 4.12. The van der Waals surface area contributed by atoms with Crippen LogP contribution in [-0.4, -0.2) is 19.2 Å². The van der Waals surface area contributed by atoms with Gasteiger partial charge in [-0.15, -0.1) is 0 Å². The van der Waals surface area contributed by atoms with E-state index in [9.17, 15) is 9.59 Å². The van der Waals surface area contributed by atoms with E-state index < -0.39 is 11.6 Å². The summed E-state index contributed by atoms with van der Waals surface area (Å²) in [6, 6.07) is 13.8. The van der Waals surface area contributed by atoms with Crippen LogP contribution in [0.2, 0.25) is 0 Å². The minimum atomic E-state index is -0.768. The smallest absolute Gasteiger partial charge is 0.383 e. The number of benzene rings is 2. The maximum Gasteiger partial charge on any atom is 0.383 e. The molecular formula is C32H40O6. The molecule has 1 heterocycles. The average molecular weight is 521 g/mol. The lowest BCUT2D eigenvalue weighted by atomic mass is 10.1. The quantitative estimate of drug-likeness (QED) is 0.0772. The van der Waals surface area contributed by atoms with Crippen LogP contribution in [0.15, 0.2) is 69.9 Å². The maximum atomic E-state index is 13.0. The average Bonchev–Trinajstić information content (AvgIpc) is 2.93. The number of ether oxygens (including phenoxy) is 3. The number of carbonyl (C=O) groups excluding carboxylic acids is 1. The fraction of sp³-hybridized carbons (Fsp3) is 0.438. The molecule has 0 N–H and O–H groups in total. The van der Waals surface area contributed by atoms with Gasteiger partial charge in [0.05, 0.1) is 24.2 Å². The van der Waals surface area contributed by atoms with Crippen molar-refractivity contribution in [2.75, 3.05) is 13.2 Å². The Morgan fingerprint density at radius 2 is 1.55 bits per heavy atom. The SMILES string of the molecule is CCC=CCCOc1ccc2c(OCCCCCCCCCC)c(OC(=O)c3ccccc3)c(=O)oc2c1. The van der Waals surface area contributed by atoms with Gasteiger partial charge in [0, 0.05) is 6.07 Å². The molecule has 0 saturated heterocycles. The molecule has 1 aromatic heterocycles. The summed E-state index contributed by atoms with van der Waals surface area (Å²) >= 11 is 0. The molecule has 2 aromatic carbocycles. The van der Waals surface area contributed by atoms with Crippen molar-refractivity contribution < 1.29 is 23.4 Å². The molecule has 3 aromatic rings. The topological polar surface area (TPSA) is 75.0 Å². The fourth-order valence-electron chi connectivity index (χ4n) is 4.12. The largest absolute Gasteiger partial charge is 0.493 e. The van der Waals surface area contributed by atoms with Crippen molar-refractivity contribution in [1.29, 1.82) is 0 Å². The van der Waals surface area contributed by atoms with Crippen LogP contribution in [-0.2, 0) is 0 Å². The molecule has 3 rings (SSSR count). The summed E-state index contributed by atoms with van der Waals surface area (Å²) < 4.78 is 23.0. The maximum absolute atomic E-state index is 13.0. The van der Waals surface area contributed by atoms with E-state index in [1.54, 1.807) is 48.5 Å². The molecule has 0 bridgehead atoms. The first kappa shape index (κ1) is 29.0. The first-order valence-electron chi connectivity index (χ1n) is 13.9. The Balaban J connectivity index is 1.75. The van der Waals surface area contributed by atoms with Crippen LogP contribution < -0.4 is 19.8 Å². The van der Waals surface area contributed by atoms with Crippen molar-refractivity contribution in [3.63, 3.8) is 0 Å². The first-order valence-corrected chi connectivity index (χ1v) is 13.9. The number of hydrogen-bond acceptors (Lipinski definition) is 6. The van der Waals surface area contributed by atoms with Gasteiger partial charge in [0.2, 0.25) is 0 Å². The molecule has 204 valence electrons. The molecular weight excluding hydrogens is 480 g/mol. The van der Waals surface area contributed by atoms with Crippen molar-refractivity contribution in [2.45, 2.75) is 78.1 Å². The second-order valence-electron chi connectivity index (χ2n) is 9.30. The molecule has 0 aliphatic carbocycles. The van der Waals surface area contributed by atoms with E-state index in [0.717, 1.165) is 32.1 Å². The summed E-state index contributed by atoms with van der Waals surface area (Å²) in [6.07, 6.45) is 15.3. The molecule has 0 fully saturated rings. The van der Waals surface area contributed by atoms with Crippen LogP contribution in [0.3, 0.4) is 0 Å². The van der Waals surface area contributed by atoms with Gasteiger partial charge in [-0.2, -0.15) is 0 Å². The number of hydrogen-bond donors (Lipinski definition) is 0. The van der Waals surface area contributed by atoms with Gasteiger partial charge in [0.15, 0.2) is 5.75 Å². The zero-order chi connectivity index (χ0) is 27.0. The van der Waals surface area contributed by atoms with E-state index in [1.807, 2.05) is 0 Å². The van der Waals surface area contributed by atoms with Crippen LogP contribution in [0, 0.1) is 0 Å².